The number of anilines is 1. The molecule has 0 aromatic heterocycles. The number of ether oxygens (including phenoxy) is 1. The highest BCUT2D eigenvalue weighted by atomic mass is 79.9. The maximum atomic E-state index is 12.4. The SMILES string of the molecule is COc1ccc(C)cc1NC(=O)[C@H](C)Sc1ccc(Br)cc1. The summed E-state index contributed by atoms with van der Waals surface area (Å²) in [4.78, 5) is 13.4. The molecule has 2 aromatic rings. The molecule has 0 fully saturated rings. The number of amides is 1. The van der Waals surface area contributed by atoms with Gasteiger partial charge in [0.25, 0.3) is 0 Å². The van der Waals surface area contributed by atoms with Gasteiger partial charge in [-0.15, -0.1) is 11.8 Å². The summed E-state index contributed by atoms with van der Waals surface area (Å²) in [5, 5.41) is 2.74. The van der Waals surface area contributed by atoms with Crippen LogP contribution in [-0.4, -0.2) is 18.3 Å². The van der Waals surface area contributed by atoms with Crippen LogP contribution in [0.5, 0.6) is 5.75 Å². The number of carbonyl (C=O) groups is 1. The molecular formula is C17H18BrNO2S. The maximum absolute atomic E-state index is 12.4. The highest BCUT2D eigenvalue weighted by molar-refractivity contribution is 9.10. The average Bonchev–Trinajstić information content (AvgIpc) is 2.49. The van der Waals surface area contributed by atoms with Crippen LogP contribution in [0.1, 0.15) is 12.5 Å². The van der Waals surface area contributed by atoms with E-state index in [1.54, 1.807) is 7.11 Å². The lowest BCUT2D eigenvalue weighted by atomic mass is 10.2. The van der Waals surface area contributed by atoms with Crippen molar-refractivity contribution in [1.29, 1.82) is 0 Å². The summed E-state index contributed by atoms with van der Waals surface area (Å²) in [6.07, 6.45) is 0. The Morgan fingerprint density at radius 1 is 1.23 bits per heavy atom. The van der Waals surface area contributed by atoms with Gasteiger partial charge in [-0.3, -0.25) is 4.79 Å². The zero-order valence-corrected chi connectivity index (χ0v) is 15.1. The Morgan fingerprint density at radius 2 is 1.91 bits per heavy atom. The summed E-state index contributed by atoms with van der Waals surface area (Å²) in [5.74, 6) is 0.622. The molecule has 0 unspecified atom stereocenters. The van der Waals surface area contributed by atoms with E-state index in [2.05, 4.69) is 21.2 Å². The van der Waals surface area contributed by atoms with Crippen molar-refractivity contribution >= 4 is 39.3 Å². The van der Waals surface area contributed by atoms with Crippen molar-refractivity contribution in [3.63, 3.8) is 0 Å². The average molecular weight is 380 g/mol. The van der Waals surface area contributed by atoms with Gasteiger partial charge in [-0.2, -0.15) is 0 Å². The van der Waals surface area contributed by atoms with Gasteiger partial charge in [0.2, 0.25) is 5.91 Å². The number of hydrogen-bond donors (Lipinski definition) is 1. The number of thioether (sulfide) groups is 1. The molecule has 2 aromatic carbocycles. The third-order valence-electron chi connectivity index (χ3n) is 3.11. The van der Waals surface area contributed by atoms with Gasteiger partial charge in [-0.05, 0) is 55.8 Å². The van der Waals surface area contributed by atoms with Gasteiger partial charge in [0.05, 0.1) is 18.0 Å². The second-order valence-electron chi connectivity index (χ2n) is 4.91. The first-order chi connectivity index (χ1) is 10.5. The fourth-order valence-corrected chi connectivity index (χ4v) is 3.06. The lowest BCUT2D eigenvalue weighted by Gasteiger charge is -2.15. The summed E-state index contributed by atoms with van der Waals surface area (Å²) >= 11 is 4.93. The second kappa shape index (κ2) is 7.70. The van der Waals surface area contributed by atoms with Crippen molar-refractivity contribution in [2.75, 3.05) is 12.4 Å². The van der Waals surface area contributed by atoms with Crippen LogP contribution < -0.4 is 10.1 Å². The molecule has 0 spiro atoms. The molecule has 22 heavy (non-hydrogen) atoms. The van der Waals surface area contributed by atoms with E-state index in [-0.39, 0.29) is 11.2 Å². The van der Waals surface area contributed by atoms with Gasteiger partial charge in [-0.1, -0.05) is 22.0 Å². The number of halogens is 1. The Kier molecular flexibility index (Phi) is 5.91. The van der Waals surface area contributed by atoms with Gasteiger partial charge in [0, 0.05) is 9.37 Å². The zero-order chi connectivity index (χ0) is 16.1. The van der Waals surface area contributed by atoms with Crippen LogP contribution in [0.25, 0.3) is 0 Å². The minimum Gasteiger partial charge on any atom is -0.495 e. The van der Waals surface area contributed by atoms with Crippen LogP contribution in [0, 0.1) is 6.92 Å². The molecule has 3 nitrogen and oxygen atoms in total. The predicted octanol–water partition coefficient (Wildman–Crippen LogP) is 4.89. The van der Waals surface area contributed by atoms with Crippen molar-refractivity contribution in [2.45, 2.75) is 24.0 Å². The number of benzene rings is 2. The third kappa shape index (κ3) is 4.52. The first-order valence-corrected chi connectivity index (χ1v) is 8.54. The normalized spacial score (nSPS) is 11.8. The fraction of sp³-hybridized carbons (Fsp3) is 0.235. The fourth-order valence-electron chi connectivity index (χ4n) is 1.92. The van der Waals surface area contributed by atoms with E-state index < -0.39 is 0 Å². The Labute approximate surface area is 143 Å². The highest BCUT2D eigenvalue weighted by Gasteiger charge is 2.16. The summed E-state index contributed by atoms with van der Waals surface area (Å²) in [7, 11) is 1.60. The van der Waals surface area contributed by atoms with Crippen molar-refractivity contribution in [3.8, 4) is 5.75 Å². The number of carbonyl (C=O) groups excluding carboxylic acids is 1. The topological polar surface area (TPSA) is 38.3 Å². The lowest BCUT2D eigenvalue weighted by Crippen LogP contribution is -2.22. The van der Waals surface area contributed by atoms with Gasteiger partial charge in [0.1, 0.15) is 5.75 Å². The first kappa shape index (κ1) is 16.9. The molecular weight excluding hydrogens is 362 g/mol. The maximum Gasteiger partial charge on any atom is 0.237 e. The van der Waals surface area contributed by atoms with Gasteiger partial charge in [-0.25, -0.2) is 0 Å². The summed E-state index contributed by atoms with van der Waals surface area (Å²) in [5.41, 5.74) is 1.78. The Bertz CT molecular complexity index is 658. The molecule has 2 rings (SSSR count). The summed E-state index contributed by atoms with van der Waals surface area (Å²) in [6, 6.07) is 13.6. The van der Waals surface area contributed by atoms with Gasteiger partial charge in [0.15, 0.2) is 0 Å². The molecule has 1 amide bonds. The van der Waals surface area contributed by atoms with E-state index >= 15 is 0 Å². The summed E-state index contributed by atoms with van der Waals surface area (Å²) in [6.45, 7) is 3.87. The lowest BCUT2D eigenvalue weighted by molar-refractivity contribution is -0.115. The van der Waals surface area contributed by atoms with Crippen molar-refractivity contribution in [2.24, 2.45) is 0 Å². The van der Waals surface area contributed by atoms with E-state index in [0.717, 1.165) is 14.9 Å². The van der Waals surface area contributed by atoms with E-state index in [9.17, 15) is 4.79 Å². The van der Waals surface area contributed by atoms with E-state index in [1.165, 1.54) is 11.8 Å². The molecule has 1 N–H and O–H groups in total. The third-order valence-corrected chi connectivity index (χ3v) is 4.75. The molecule has 116 valence electrons. The number of aryl methyl sites for hydroxylation is 1. The van der Waals surface area contributed by atoms with Crippen LogP contribution in [0.2, 0.25) is 0 Å². The van der Waals surface area contributed by atoms with Crippen LogP contribution in [-0.2, 0) is 4.79 Å². The van der Waals surface area contributed by atoms with E-state index in [0.29, 0.717) is 11.4 Å². The smallest absolute Gasteiger partial charge is 0.237 e. The first-order valence-electron chi connectivity index (χ1n) is 6.87. The molecule has 0 bridgehead atoms. The largest absolute Gasteiger partial charge is 0.495 e. The van der Waals surface area contributed by atoms with Crippen molar-refractivity contribution in [1.82, 2.24) is 0 Å². The molecule has 0 aliphatic heterocycles. The molecule has 0 saturated carbocycles. The second-order valence-corrected chi connectivity index (χ2v) is 7.24. The monoisotopic (exact) mass is 379 g/mol. The molecule has 0 aliphatic rings. The number of nitrogens with one attached hydrogen (secondary N) is 1. The minimum atomic E-state index is -0.202. The van der Waals surface area contributed by atoms with Crippen molar-refractivity contribution in [3.05, 3.63) is 52.5 Å². The van der Waals surface area contributed by atoms with Crippen LogP contribution in [0.15, 0.2) is 51.8 Å². The van der Waals surface area contributed by atoms with Gasteiger partial charge < -0.3 is 10.1 Å². The molecule has 5 heteroatoms. The van der Waals surface area contributed by atoms with E-state index in [4.69, 9.17) is 4.74 Å². The van der Waals surface area contributed by atoms with Gasteiger partial charge >= 0.3 is 0 Å². The molecule has 0 radical (unpaired) electrons. The highest BCUT2D eigenvalue weighted by Crippen LogP contribution is 2.28. The zero-order valence-electron chi connectivity index (χ0n) is 12.7. The predicted molar refractivity (Wildman–Crippen MR) is 95.8 cm³/mol. The molecule has 1 atom stereocenters. The standard InChI is InChI=1S/C17H18BrNO2S/c1-11-4-9-16(21-3)15(10-11)19-17(20)12(2)22-14-7-5-13(18)6-8-14/h4-10,12H,1-3H3,(H,19,20)/t12-/m0/s1. The minimum absolute atomic E-state index is 0.0446. The number of rotatable bonds is 5. The number of hydrogen-bond acceptors (Lipinski definition) is 3. The van der Waals surface area contributed by atoms with E-state index in [1.807, 2.05) is 56.3 Å². The summed E-state index contributed by atoms with van der Waals surface area (Å²) < 4.78 is 6.31. The number of methoxy groups -OCH3 is 1. The van der Waals surface area contributed by atoms with Crippen molar-refractivity contribution < 1.29 is 9.53 Å². The van der Waals surface area contributed by atoms with Crippen LogP contribution in [0.3, 0.4) is 0 Å². The van der Waals surface area contributed by atoms with Crippen LogP contribution >= 0.6 is 27.7 Å². The Hall–Kier alpha value is -1.46. The molecule has 0 saturated heterocycles. The van der Waals surface area contributed by atoms with Crippen LogP contribution in [0.4, 0.5) is 5.69 Å². The Morgan fingerprint density at radius 3 is 2.55 bits per heavy atom. The molecule has 0 heterocycles. The quantitative estimate of drug-likeness (QED) is 0.751. The Balaban J connectivity index is 2.05. The molecule has 0 aliphatic carbocycles.